The average Bonchev–Trinajstić information content (AvgIpc) is 2.16. The first-order chi connectivity index (χ1) is 5.83. The Hall–Kier alpha value is -1.49. The van der Waals surface area contributed by atoms with Crippen LogP contribution < -0.4 is 5.32 Å². The fraction of sp³-hybridized carbons (Fsp3) is 0.300. The van der Waals surface area contributed by atoms with Crippen LogP contribution in [-0.4, -0.2) is 6.54 Å². The molecule has 2 heteroatoms. The molecule has 1 rings (SSSR count). The number of para-hydroxylation sites is 1. The Balaban J connectivity index is 2.40. The lowest BCUT2D eigenvalue weighted by atomic mass is 10.2. The molecule has 0 amide bonds. The maximum Gasteiger partial charge on any atom is 0.0671 e. The highest BCUT2D eigenvalue weighted by Crippen LogP contribution is 2.05. The SMILES string of the molecule is CC(C#N)CNc1ccccc1. The summed E-state index contributed by atoms with van der Waals surface area (Å²) in [7, 11) is 0. The zero-order valence-corrected chi connectivity index (χ0v) is 7.12. The van der Waals surface area contributed by atoms with Crippen molar-refractivity contribution >= 4 is 5.69 Å². The van der Waals surface area contributed by atoms with Crippen LogP contribution in [0.25, 0.3) is 0 Å². The molecule has 0 fully saturated rings. The minimum absolute atomic E-state index is 0.0604. The predicted octanol–water partition coefficient (Wildman–Crippen LogP) is 2.26. The third-order valence-electron chi connectivity index (χ3n) is 1.61. The van der Waals surface area contributed by atoms with E-state index in [0.29, 0.717) is 6.54 Å². The molecule has 0 aliphatic heterocycles. The Labute approximate surface area is 72.8 Å². The normalized spacial score (nSPS) is 11.7. The fourth-order valence-corrected chi connectivity index (χ4v) is 0.873. The van der Waals surface area contributed by atoms with Crippen LogP contribution in [0.15, 0.2) is 30.3 Å². The summed E-state index contributed by atoms with van der Waals surface area (Å²) in [5.41, 5.74) is 1.07. The summed E-state index contributed by atoms with van der Waals surface area (Å²) >= 11 is 0. The molecule has 0 heterocycles. The zero-order valence-electron chi connectivity index (χ0n) is 7.12. The van der Waals surface area contributed by atoms with Gasteiger partial charge in [-0.05, 0) is 19.1 Å². The van der Waals surface area contributed by atoms with Crippen LogP contribution in [0.5, 0.6) is 0 Å². The van der Waals surface area contributed by atoms with Crippen LogP contribution in [0.2, 0.25) is 0 Å². The van der Waals surface area contributed by atoms with Gasteiger partial charge in [-0.2, -0.15) is 5.26 Å². The topological polar surface area (TPSA) is 35.8 Å². The van der Waals surface area contributed by atoms with Crippen LogP contribution in [0.1, 0.15) is 6.92 Å². The molecular formula is C10H12N2. The number of anilines is 1. The summed E-state index contributed by atoms with van der Waals surface area (Å²) in [5, 5.41) is 11.7. The van der Waals surface area contributed by atoms with Crippen molar-refractivity contribution < 1.29 is 0 Å². The largest absolute Gasteiger partial charge is 0.384 e. The summed E-state index contributed by atoms with van der Waals surface area (Å²) in [6.45, 7) is 2.61. The number of hydrogen-bond acceptors (Lipinski definition) is 2. The van der Waals surface area contributed by atoms with Crippen molar-refractivity contribution in [3.05, 3.63) is 30.3 Å². The molecule has 0 radical (unpaired) electrons. The second kappa shape index (κ2) is 4.40. The molecule has 1 atom stereocenters. The van der Waals surface area contributed by atoms with Crippen molar-refractivity contribution in [1.82, 2.24) is 0 Å². The third-order valence-corrected chi connectivity index (χ3v) is 1.61. The molecule has 1 N–H and O–H groups in total. The van der Waals surface area contributed by atoms with Crippen molar-refractivity contribution in [1.29, 1.82) is 5.26 Å². The van der Waals surface area contributed by atoms with Gasteiger partial charge in [0.1, 0.15) is 0 Å². The van der Waals surface area contributed by atoms with Crippen molar-refractivity contribution in [2.24, 2.45) is 5.92 Å². The highest BCUT2D eigenvalue weighted by molar-refractivity contribution is 5.42. The molecule has 12 heavy (non-hydrogen) atoms. The van der Waals surface area contributed by atoms with E-state index in [4.69, 9.17) is 5.26 Å². The minimum atomic E-state index is 0.0604. The molecule has 1 unspecified atom stereocenters. The number of nitriles is 1. The lowest BCUT2D eigenvalue weighted by Gasteiger charge is -2.06. The smallest absolute Gasteiger partial charge is 0.0671 e. The summed E-state index contributed by atoms with van der Waals surface area (Å²) in [6, 6.07) is 12.1. The highest BCUT2D eigenvalue weighted by atomic mass is 14.9. The van der Waals surface area contributed by atoms with E-state index in [1.165, 1.54) is 0 Å². The van der Waals surface area contributed by atoms with E-state index in [-0.39, 0.29) is 5.92 Å². The Bertz CT molecular complexity index is 261. The molecule has 0 aromatic heterocycles. The number of rotatable bonds is 3. The van der Waals surface area contributed by atoms with E-state index >= 15 is 0 Å². The van der Waals surface area contributed by atoms with Gasteiger partial charge in [0.05, 0.1) is 12.0 Å². The summed E-state index contributed by atoms with van der Waals surface area (Å²) < 4.78 is 0. The molecule has 0 aliphatic carbocycles. The predicted molar refractivity (Wildman–Crippen MR) is 49.7 cm³/mol. The van der Waals surface area contributed by atoms with Crippen molar-refractivity contribution in [3.8, 4) is 6.07 Å². The first-order valence-electron chi connectivity index (χ1n) is 4.01. The van der Waals surface area contributed by atoms with E-state index in [1.54, 1.807) is 0 Å². The van der Waals surface area contributed by atoms with Crippen molar-refractivity contribution in [2.45, 2.75) is 6.92 Å². The van der Waals surface area contributed by atoms with Crippen LogP contribution in [0, 0.1) is 17.2 Å². The second-order valence-electron chi connectivity index (χ2n) is 2.78. The van der Waals surface area contributed by atoms with Gasteiger partial charge in [-0.15, -0.1) is 0 Å². The Morgan fingerprint density at radius 1 is 1.42 bits per heavy atom. The molecule has 2 nitrogen and oxygen atoms in total. The molecule has 1 aromatic rings. The van der Waals surface area contributed by atoms with Crippen LogP contribution in [0.3, 0.4) is 0 Å². The Kier molecular flexibility index (Phi) is 3.16. The fourth-order valence-electron chi connectivity index (χ4n) is 0.873. The van der Waals surface area contributed by atoms with Crippen LogP contribution in [-0.2, 0) is 0 Å². The summed E-state index contributed by atoms with van der Waals surface area (Å²) in [6.07, 6.45) is 0. The van der Waals surface area contributed by atoms with E-state index in [1.807, 2.05) is 37.3 Å². The van der Waals surface area contributed by atoms with Crippen LogP contribution >= 0.6 is 0 Å². The lowest BCUT2D eigenvalue weighted by molar-refractivity contribution is 0.786. The molecule has 0 bridgehead atoms. The van der Waals surface area contributed by atoms with Gasteiger partial charge >= 0.3 is 0 Å². The van der Waals surface area contributed by atoms with Crippen molar-refractivity contribution in [3.63, 3.8) is 0 Å². The first kappa shape index (κ1) is 8.61. The maximum atomic E-state index is 8.52. The molecule has 62 valence electrons. The number of hydrogen-bond donors (Lipinski definition) is 1. The Morgan fingerprint density at radius 2 is 2.08 bits per heavy atom. The van der Waals surface area contributed by atoms with Gasteiger partial charge in [-0.25, -0.2) is 0 Å². The minimum Gasteiger partial charge on any atom is -0.384 e. The quantitative estimate of drug-likeness (QED) is 0.736. The van der Waals surface area contributed by atoms with Gasteiger partial charge < -0.3 is 5.32 Å². The number of nitrogens with zero attached hydrogens (tertiary/aromatic N) is 1. The van der Waals surface area contributed by atoms with E-state index < -0.39 is 0 Å². The van der Waals surface area contributed by atoms with Gasteiger partial charge in [0.2, 0.25) is 0 Å². The van der Waals surface area contributed by atoms with Gasteiger partial charge in [0, 0.05) is 12.2 Å². The van der Waals surface area contributed by atoms with E-state index in [0.717, 1.165) is 5.69 Å². The van der Waals surface area contributed by atoms with Crippen molar-refractivity contribution in [2.75, 3.05) is 11.9 Å². The van der Waals surface area contributed by atoms with Gasteiger partial charge in [0.15, 0.2) is 0 Å². The monoisotopic (exact) mass is 160 g/mol. The molecular weight excluding hydrogens is 148 g/mol. The molecule has 1 aromatic carbocycles. The van der Waals surface area contributed by atoms with E-state index in [2.05, 4.69) is 11.4 Å². The number of nitrogens with one attached hydrogen (secondary N) is 1. The standard InChI is InChI=1S/C10H12N2/c1-9(7-11)8-12-10-5-3-2-4-6-10/h2-6,9,12H,8H2,1H3. The third kappa shape index (κ3) is 2.63. The number of benzene rings is 1. The summed E-state index contributed by atoms with van der Waals surface area (Å²) in [5.74, 6) is 0.0604. The van der Waals surface area contributed by atoms with Gasteiger partial charge in [0.25, 0.3) is 0 Å². The maximum absolute atomic E-state index is 8.52. The van der Waals surface area contributed by atoms with Crippen LogP contribution in [0.4, 0.5) is 5.69 Å². The Morgan fingerprint density at radius 3 is 2.67 bits per heavy atom. The van der Waals surface area contributed by atoms with E-state index in [9.17, 15) is 0 Å². The second-order valence-corrected chi connectivity index (χ2v) is 2.78. The molecule has 0 saturated heterocycles. The zero-order chi connectivity index (χ0) is 8.81. The lowest BCUT2D eigenvalue weighted by Crippen LogP contribution is -2.08. The molecule has 0 spiro atoms. The average molecular weight is 160 g/mol. The summed E-state index contributed by atoms with van der Waals surface area (Å²) in [4.78, 5) is 0. The highest BCUT2D eigenvalue weighted by Gasteiger charge is 1.97. The van der Waals surface area contributed by atoms with Gasteiger partial charge in [-0.1, -0.05) is 18.2 Å². The molecule has 0 aliphatic rings. The first-order valence-corrected chi connectivity index (χ1v) is 4.01. The molecule has 0 saturated carbocycles. The van der Waals surface area contributed by atoms with Gasteiger partial charge in [-0.3, -0.25) is 0 Å².